The highest BCUT2D eigenvalue weighted by Crippen LogP contribution is 2.13. The highest BCUT2D eigenvalue weighted by Gasteiger charge is 1.94. The molecular formula is C15H12ClNS. The molecule has 0 saturated heterocycles. The third-order valence-electron chi connectivity index (χ3n) is 2.34. The molecule has 0 amide bonds. The molecule has 0 aliphatic carbocycles. The smallest absolute Gasteiger partial charge is 0.103 e. The number of thiocarbonyl (C=S) groups is 1. The van der Waals surface area contributed by atoms with Crippen LogP contribution >= 0.6 is 23.8 Å². The molecule has 2 aromatic carbocycles. The van der Waals surface area contributed by atoms with Crippen molar-refractivity contribution >= 4 is 40.6 Å². The number of halogens is 1. The molecule has 0 aliphatic heterocycles. The molecule has 0 fully saturated rings. The molecule has 0 radical (unpaired) electrons. The summed E-state index contributed by atoms with van der Waals surface area (Å²) in [6, 6.07) is 17.5. The van der Waals surface area contributed by atoms with Gasteiger partial charge in [-0.15, -0.1) is 0 Å². The lowest BCUT2D eigenvalue weighted by atomic mass is 10.2. The number of anilines is 1. The molecule has 90 valence electrons. The fourth-order valence-electron chi connectivity index (χ4n) is 1.45. The zero-order valence-corrected chi connectivity index (χ0v) is 11.2. The summed E-state index contributed by atoms with van der Waals surface area (Å²) < 4.78 is 0. The predicted molar refractivity (Wildman–Crippen MR) is 83.1 cm³/mol. The molecule has 0 spiro atoms. The van der Waals surface area contributed by atoms with Crippen LogP contribution in [0.4, 0.5) is 5.69 Å². The maximum Gasteiger partial charge on any atom is 0.103 e. The highest BCUT2D eigenvalue weighted by atomic mass is 35.5. The lowest BCUT2D eigenvalue weighted by Crippen LogP contribution is -2.04. The Morgan fingerprint density at radius 2 is 1.67 bits per heavy atom. The van der Waals surface area contributed by atoms with Crippen LogP contribution in [0.2, 0.25) is 5.02 Å². The van der Waals surface area contributed by atoms with Crippen molar-refractivity contribution in [1.82, 2.24) is 0 Å². The molecule has 0 saturated carbocycles. The van der Waals surface area contributed by atoms with E-state index in [4.69, 9.17) is 23.8 Å². The second-order valence-electron chi connectivity index (χ2n) is 3.74. The van der Waals surface area contributed by atoms with Crippen LogP contribution in [0, 0.1) is 0 Å². The first-order chi connectivity index (χ1) is 8.74. The van der Waals surface area contributed by atoms with Gasteiger partial charge in [0.1, 0.15) is 4.99 Å². The molecule has 0 aromatic heterocycles. The lowest BCUT2D eigenvalue weighted by Gasteiger charge is -2.03. The summed E-state index contributed by atoms with van der Waals surface area (Å²) in [6.45, 7) is 0. The van der Waals surface area contributed by atoms with E-state index in [2.05, 4.69) is 5.32 Å². The average molecular weight is 274 g/mol. The summed E-state index contributed by atoms with van der Waals surface area (Å²) in [4.78, 5) is 0.668. The number of hydrogen-bond acceptors (Lipinski definition) is 1. The van der Waals surface area contributed by atoms with Crippen LogP contribution in [0.25, 0.3) is 6.08 Å². The number of benzene rings is 2. The lowest BCUT2D eigenvalue weighted by molar-refractivity contribution is 1.64. The van der Waals surface area contributed by atoms with Crippen LogP contribution in [0.5, 0.6) is 0 Å². The van der Waals surface area contributed by atoms with Crippen molar-refractivity contribution in [3.63, 3.8) is 0 Å². The van der Waals surface area contributed by atoms with Crippen LogP contribution in [0.15, 0.2) is 60.7 Å². The molecule has 2 rings (SSSR count). The molecule has 0 atom stereocenters. The van der Waals surface area contributed by atoms with Crippen molar-refractivity contribution in [1.29, 1.82) is 0 Å². The minimum Gasteiger partial charge on any atom is -0.347 e. The summed E-state index contributed by atoms with van der Waals surface area (Å²) in [7, 11) is 0. The Labute approximate surface area is 117 Å². The first-order valence-electron chi connectivity index (χ1n) is 5.54. The van der Waals surface area contributed by atoms with Gasteiger partial charge in [0, 0.05) is 10.7 Å². The topological polar surface area (TPSA) is 12.0 Å². The second kappa shape index (κ2) is 6.34. The van der Waals surface area contributed by atoms with E-state index in [0.717, 1.165) is 11.3 Å². The molecular weight excluding hydrogens is 262 g/mol. The Balaban J connectivity index is 1.97. The Bertz CT molecular complexity index is 546. The summed E-state index contributed by atoms with van der Waals surface area (Å²) in [5.41, 5.74) is 2.06. The molecule has 1 N–H and O–H groups in total. The van der Waals surface area contributed by atoms with E-state index in [9.17, 15) is 0 Å². The van der Waals surface area contributed by atoms with E-state index in [-0.39, 0.29) is 0 Å². The van der Waals surface area contributed by atoms with Gasteiger partial charge in [-0.05, 0) is 35.9 Å². The summed E-state index contributed by atoms with van der Waals surface area (Å²) >= 11 is 11.1. The zero-order valence-electron chi connectivity index (χ0n) is 9.64. The predicted octanol–water partition coefficient (Wildman–Crippen LogP) is 4.79. The quantitative estimate of drug-likeness (QED) is 0.637. The largest absolute Gasteiger partial charge is 0.347 e. The van der Waals surface area contributed by atoms with Gasteiger partial charge in [-0.2, -0.15) is 0 Å². The van der Waals surface area contributed by atoms with Gasteiger partial charge in [-0.1, -0.05) is 60.2 Å². The molecule has 18 heavy (non-hydrogen) atoms. The Kier molecular flexibility index (Phi) is 4.51. The van der Waals surface area contributed by atoms with Crippen molar-refractivity contribution < 1.29 is 0 Å². The van der Waals surface area contributed by atoms with Crippen LogP contribution in [0.1, 0.15) is 5.56 Å². The molecule has 0 bridgehead atoms. The minimum atomic E-state index is 0.668. The molecule has 1 nitrogen and oxygen atoms in total. The summed E-state index contributed by atoms with van der Waals surface area (Å²) in [6.07, 6.45) is 3.85. The highest BCUT2D eigenvalue weighted by molar-refractivity contribution is 7.81. The Morgan fingerprint density at radius 1 is 1.00 bits per heavy atom. The monoisotopic (exact) mass is 273 g/mol. The van der Waals surface area contributed by atoms with Gasteiger partial charge in [-0.3, -0.25) is 0 Å². The molecule has 0 aliphatic rings. The van der Waals surface area contributed by atoms with Crippen LogP contribution in [-0.4, -0.2) is 4.99 Å². The van der Waals surface area contributed by atoms with Crippen LogP contribution in [-0.2, 0) is 0 Å². The Hall–Kier alpha value is -1.64. The van der Waals surface area contributed by atoms with E-state index in [1.165, 1.54) is 0 Å². The first-order valence-corrected chi connectivity index (χ1v) is 6.32. The van der Waals surface area contributed by atoms with E-state index in [0.29, 0.717) is 10.0 Å². The Morgan fingerprint density at radius 3 is 2.33 bits per heavy atom. The maximum atomic E-state index is 5.81. The average Bonchev–Trinajstić information content (AvgIpc) is 2.40. The van der Waals surface area contributed by atoms with Crippen molar-refractivity contribution in [2.24, 2.45) is 0 Å². The third-order valence-corrected chi connectivity index (χ3v) is 2.83. The van der Waals surface area contributed by atoms with Crippen LogP contribution in [0.3, 0.4) is 0 Å². The van der Waals surface area contributed by atoms with Gasteiger partial charge in [-0.25, -0.2) is 0 Å². The van der Waals surface area contributed by atoms with E-state index in [1.807, 2.05) is 66.7 Å². The standard InChI is InChI=1S/C15H12ClNS/c16-13-7-9-14(10-8-13)17-15(18)11-6-12-4-2-1-3-5-12/h1-11H,(H,17,18)/b11-6-. The van der Waals surface area contributed by atoms with Crippen molar-refractivity contribution in [2.45, 2.75) is 0 Å². The van der Waals surface area contributed by atoms with Gasteiger partial charge >= 0.3 is 0 Å². The zero-order chi connectivity index (χ0) is 12.8. The van der Waals surface area contributed by atoms with Gasteiger partial charge in [0.05, 0.1) is 0 Å². The fraction of sp³-hybridized carbons (Fsp3) is 0. The molecule has 0 heterocycles. The number of nitrogens with one attached hydrogen (secondary N) is 1. The van der Waals surface area contributed by atoms with Crippen molar-refractivity contribution in [3.8, 4) is 0 Å². The van der Waals surface area contributed by atoms with Crippen LogP contribution < -0.4 is 5.32 Å². The minimum absolute atomic E-state index is 0.668. The molecule has 2 aromatic rings. The number of hydrogen-bond donors (Lipinski definition) is 1. The van der Waals surface area contributed by atoms with Gasteiger partial charge in [0.2, 0.25) is 0 Å². The van der Waals surface area contributed by atoms with E-state index < -0.39 is 0 Å². The summed E-state index contributed by atoms with van der Waals surface area (Å²) in [5, 5.41) is 3.84. The summed E-state index contributed by atoms with van der Waals surface area (Å²) in [5.74, 6) is 0. The van der Waals surface area contributed by atoms with Crippen molar-refractivity contribution in [2.75, 3.05) is 5.32 Å². The normalized spacial score (nSPS) is 10.5. The van der Waals surface area contributed by atoms with E-state index >= 15 is 0 Å². The molecule has 3 heteroatoms. The van der Waals surface area contributed by atoms with Crippen molar-refractivity contribution in [3.05, 3.63) is 71.3 Å². The fourth-order valence-corrected chi connectivity index (χ4v) is 1.77. The first kappa shape index (κ1) is 12.8. The van der Waals surface area contributed by atoms with E-state index in [1.54, 1.807) is 0 Å². The van der Waals surface area contributed by atoms with Gasteiger partial charge in [0.25, 0.3) is 0 Å². The van der Waals surface area contributed by atoms with Gasteiger partial charge < -0.3 is 5.32 Å². The third kappa shape index (κ3) is 3.99. The SMILES string of the molecule is S=C(/C=C\c1ccccc1)Nc1ccc(Cl)cc1. The van der Waals surface area contributed by atoms with Gasteiger partial charge in [0.15, 0.2) is 0 Å². The second-order valence-corrected chi connectivity index (χ2v) is 4.62. The molecule has 0 unspecified atom stereocenters. The maximum absolute atomic E-state index is 5.81. The number of rotatable bonds is 3.